The van der Waals surface area contributed by atoms with Crippen LogP contribution >= 0.6 is 23.2 Å². The van der Waals surface area contributed by atoms with E-state index in [1.807, 2.05) is 30.6 Å². The maximum absolute atomic E-state index is 14.1. The summed E-state index contributed by atoms with van der Waals surface area (Å²) in [7, 11) is 0. The molecule has 1 saturated heterocycles. The number of nitrogen functional groups attached to an aromatic ring is 1. The van der Waals surface area contributed by atoms with Crippen LogP contribution in [0.5, 0.6) is 0 Å². The zero-order valence-corrected chi connectivity index (χ0v) is 20.2. The van der Waals surface area contributed by atoms with Crippen molar-refractivity contribution in [2.75, 3.05) is 30.3 Å². The Morgan fingerprint density at radius 1 is 1.24 bits per heavy atom. The molecule has 1 aromatic carbocycles. The second-order valence-corrected chi connectivity index (χ2v) is 8.88. The number of benzene rings is 1. The molecule has 3 unspecified atom stereocenters. The van der Waals surface area contributed by atoms with E-state index in [4.69, 9.17) is 28.9 Å². The van der Waals surface area contributed by atoms with E-state index in [1.54, 1.807) is 24.3 Å². The number of hydrogen-bond acceptors (Lipinski definition) is 6. The van der Waals surface area contributed by atoms with Crippen LogP contribution in [0.4, 0.5) is 26.0 Å². The first-order chi connectivity index (χ1) is 15.6. The highest BCUT2D eigenvalue weighted by molar-refractivity contribution is 6.30. The molecule has 1 aliphatic carbocycles. The Bertz CT molecular complexity index is 1010. The number of alkyl halides is 2. The fourth-order valence-electron chi connectivity index (χ4n) is 4.45. The molecule has 0 bridgehead atoms. The number of nitrogens with two attached hydrogens (primary N) is 1. The molecule has 2 aromatic rings. The molecule has 2 fully saturated rings. The van der Waals surface area contributed by atoms with Crippen molar-refractivity contribution in [2.24, 2.45) is 5.92 Å². The van der Waals surface area contributed by atoms with Crippen molar-refractivity contribution in [2.45, 2.75) is 45.2 Å². The Balaban J connectivity index is 0.00000149. The average molecular weight is 502 g/mol. The van der Waals surface area contributed by atoms with Gasteiger partial charge in [0, 0.05) is 55.1 Å². The van der Waals surface area contributed by atoms with E-state index in [1.165, 1.54) is 6.07 Å². The molecule has 1 aliphatic heterocycles. The monoisotopic (exact) mass is 501 g/mol. The van der Waals surface area contributed by atoms with Gasteiger partial charge in [-0.25, -0.2) is 13.8 Å². The highest BCUT2D eigenvalue weighted by Gasteiger charge is 2.62. The van der Waals surface area contributed by atoms with Crippen molar-refractivity contribution in [1.29, 1.82) is 0 Å². The number of halogens is 4. The minimum absolute atomic E-state index is 0.0596. The Kier molecular flexibility index (Phi) is 7.65. The van der Waals surface area contributed by atoms with Gasteiger partial charge in [0.1, 0.15) is 10.8 Å². The third-order valence-electron chi connectivity index (χ3n) is 5.98. The summed E-state index contributed by atoms with van der Waals surface area (Å²) in [5.41, 5.74) is 6.52. The van der Waals surface area contributed by atoms with Crippen LogP contribution in [0, 0.1) is 16.0 Å². The maximum atomic E-state index is 14.1. The van der Waals surface area contributed by atoms with Crippen LogP contribution in [-0.4, -0.2) is 46.4 Å². The maximum Gasteiger partial charge on any atom is 0.334 e. The first-order valence-corrected chi connectivity index (χ1v) is 11.6. The van der Waals surface area contributed by atoms with Crippen molar-refractivity contribution in [1.82, 2.24) is 9.88 Å². The Hall–Kier alpha value is -2.23. The number of rotatable bonds is 5. The SMILES string of the molecule is CC.CC1CN(C(c2ccc(Cl)cc2)C2CC2(F)F)CCN1c1cc(Cl)nc(N)c1[N+](=O)[O-]. The summed E-state index contributed by atoms with van der Waals surface area (Å²) in [6, 6.07) is 7.74. The Morgan fingerprint density at radius 2 is 1.85 bits per heavy atom. The Labute approximate surface area is 201 Å². The standard InChI is InChI=1S/C20H21Cl2F2N5O2.C2H6/c1-11-10-27(17(14-9-20(14,23)24)12-2-4-13(21)5-3-12)6-7-28(11)15-8-16(22)26-19(25)18(15)29(30)31;1-2/h2-5,8,11,14,17H,6-7,9-10H2,1H3,(H2,25,26);1-2H3. The fraction of sp³-hybridized carbons (Fsp3) is 0.500. The number of nitro groups is 1. The van der Waals surface area contributed by atoms with Crippen molar-refractivity contribution in [3.8, 4) is 0 Å². The summed E-state index contributed by atoms with van der Waals surface area (Å²) in [6.45, 7) is 7.17. The van der Waals surface area contributed by atoms with Crippen molar-refractivity contribution >= 4 is 40.4 Å². The molecular formula is C22H27Cl2F2N5O2. The van der Waals surface area contributed by atoms with Gasteiger partial charge in [0.15, 0.2) is 0 Å². The third-order valence-corrected chi connectivity index (χ3v) is 6.43. The van der Waals surface area contributed by atoms with E-state index in [0.29, 0.717) is 24.7 Å². The quantitative estimate of drug-likeness (QED) is 0.315. The van der Waals surface area contributed by atoms with E-state index in [-0.39, 0.29) is 34.8 Å². The molecule has 11 heteroatoms. The molecule has 4 rings (SSSR count). The molecule has 2 N–H and O–H groups in total. The lowest BCUT2D eigenvalue weighted by Gasteiger charge is -2.44. The van der Waals surface area contributed by atoms with Gasteiger partial charge in [-0.1, -0.05) is 49.2 Å². The zero-order valence-electron chi connectivity index (χ0n) is 18.6. The predicted octanol–water partition coefficient (Wildman–Crippen LogP) is 5.81. The van der Waals surface area contributed by atoms with Gasteiger partial charge in [-0.05, 0) is 24.6 Å². The third kappa shape index (κ3) is 5.31. The van der Waals surface area contributed by atoms with Gasteiger partial charge >= 0.3 is 5.69 Å². The van der Waals surface area contributed by atoms with Crippen molar-refractivity contribution < 1.29 is 13.7 Å². The fourth-order valence-corrected chi connectivity index (χ4v) is 4.77. The van der Waals surface area contributed by atoms with Crippen LogP contribution in [-0.2, 0) is 0 Å². The summed E-state index contributed by atoms with van der Waals surface area (Å²) in [5, 5.41) is 12.2. The highest BCUT2D eigenvalue weighted by Crippen LogP contribution is 2.57. The smallest absolute Gasteiger partial charge is 0.334 e. The first kappa shape index (κ1) is 25.4. The molecule has 3 atom stereocenters. The molecule has 0 radical (unpaired) electrons. The van der Waals surface area contributed by atoms with E-state index >= 15 is 0 Å². The average Bonchev–Trinajstić information content (AvgIpc) is 3.37. The molecule has 33 heavy (non-hydrogen) atoms. The zero-order chi connectivity index (χ0) is 24.5. The number of anilines is 2. The second kappa shape index (κ2) is 9.95. The topological polar surface area (TPSA) is 88.5 Å². The molecule has 180 valence electrons. The predicted molar refractivity (Wildman–Crippen MR) is 127 cm³/mol. The molecule has 2 aliphatic rings. The lowest BCUT2D eigenvalue weighted by atomic mass is 9.98. The Morgan fingerprint density at radius 3 is 2.36 bits per heavy atom. The normalized spacial score (nSPS) is 22.8. The van der Waals surface area contributed by atoms with Crippen LogP contribution in [0.1, 0.15) is 38.8 Å². The largest absolute Gasteiger partial charge is 0.378 e. The van der Waals surface area contributed by atoms with Crippen LogP contribution in [0.2, 0.25) is 10.2 Å². The van der Waals surface area contributed by atoms with Crippen molar-refractivity contribution in [3.63, 3.8) is 0 Å². The van der Waals surface area contributed by atoms with Gasteiger partial charge in [0.2, 0.25) is 5.82 Å². The lowest BCUT2D eigenvalue weighted by molar-refractivity contribution is -0.383. The molecule has 7 nitrogen and oxygen atoms in total. The summed E-state index contributed by atoms with van der Waals surface area (Å²) in [6.07, 6.45) is -0.156. The van der Waals surface area contributed by atoms with Crippen LogP contribution in [0.3, 0.4) is 0 Å². The van der Waals surface area contributed by atoms with E-state index in [0.717, 1.165) is 5.56 Å². The molecule has 1 saturated carbocycles. The number of aromatic nitrogens is 1. The molecular weight excluding hydrogens is 475 g/mol. The van der Waals surface area contributed by atoms with Crippen LogP contribution in [0.15, 0.2) is 30.3 Å². The molecule has 0 spiro atoms. The minimum Gasteiger partial charge on any atom is -0.378 e. The number of nitrogens with zero attached hydrogens (tertiary/aromatic N) is 4. The summed E-state index contributed by atoms with van der Waals surface area (Å²) >= 11 is 12.0. The summed E-state index contributed by atoms with van der Waals surface area (Å²) < 4.78 is 28.1. The minimum atomic E-state index is -2.70. The number of hydrogen-bond donors (Lipinski definition) is 1. The first-order valence-electron chi connectivity index (χ1n) is 10.8. The molecule has 2 heterocycles. The van der Waals surface area contributed by atoms with Gasteiger partial charge in [0.05, 0.1) is 4.92 Å². The lowest BCUT2D eigenvalue weighted by Crippen LogP contribution is -2.53. The number of piperazine rings is 1. The van der Waals surface area contributed by atoms with Gasteiger partial charge in [0.25, 0.3) is 5.92 Å². The van der Waals surface area contributed by atoms with Gasteiger partial charge in [-0.3, -0.25) is 15.0 Å². The van der Waals surface area contributed by atoms with E-state index < -0.39 is 22.8 Å². The second-order valence-electron chi connectivity index (χ2n) is 8.06. The van der Waals surface area contributed by atoms with Gasteiger partial charge < -0.3 is 10.6 Å². The van der Waals surface area contributed by atoms with E-state index in [2.05, 4.69) is 4.98 Å². The van der Waals surface area contributed by atoms with Gasteiger partial charge in [-0.15, -0.1) is 0 Å². The van der Waals surface area contributed by atoms with E-state index in [9.17, 15) is 18.9 Å². The molecule has 1 aromatic heterocycles. The summed E-state index contributed by atoms with van der Waals surface area (Å²) in [5.74, 6) is -3.72. The molecule has 0 amide bonds. The summed E-state index contributed by atoms with van der Waals surface area (Å²) in [4.78, 5) is 18.6. The van der Waals surface area contributed by atoms with Crippen molar-refractivity contribution in [3.05, 3.63) is 56.2 Å². The van der Waals surface area contributed by atoms with Crippen LogP contribution in [0.25, 0.3) is 0 Å². The number of pyridine rings is 1. The highest BCUT2D eigenvalue weighted by atomic mass is 35.5. The van der Waals surface area contributed by atoms with Gasteiger partial charge in [-0.2, -0.15) is 0 Å². The van der Waals surface area contributed by atoms with Crippen LogP contribution < -0.4 is 10.6 Å².